The molecule has 1 atom stereocenters. The second kappa shape index (κ2) is 7.40. The number of anilines is 1. The number of nitrogens with one attached hydrogen (secondary N) is 2. The molecule has 1 fully saturated rings. The molecule has 5 heterocycles. The minimum Gasteiger partial charge on any atom is -0.344 e. The van der Waals surface area contributed by atoms with E-state index in [0.717, 1.165) is 58.7 Å². The molecule has 0 bridgehead atoms. The van der Waals surface area contributed by atoms with Gasteiger partial charge in [0.25, 0.3) is 0 Å². The van der Waals surface area contributed by atoms with E-state index in [4.69, 9.17) is 4.98 Å². The maximum Gasteiger partial charge on any atom is 0.143 e. The number of aromatic amines is 1. The molecule has 0 aromatic carbocycles. The first-order valence-corrected chi connectivity index (χ1v) is 9.48. The molecule has 1 unspecified atom stereocenters. The van der Waals surface area contributed by atoms with Crippen LogP contribution in [-0.2, 0) is 4.79 Å². The molecule has 0 amide bonds. The van der Waals surface area contributed by atoms with E-state index in [1.54, 1.807) is 18.6 Å². The van der Waals surface area contributed by atoms with Crippen LogP contribution in [-0.4, -0.2) is 57.1 Å². The van der Waals surface area contributed by atoms with Crippen LogP contribution in [0.2, 0.25) is 0 Å². The highest BCUT2D eigenvalue weighted by Crippen LogP contribution is 2.29. The average Bonchev–Trinajstić information content (AvgIpc) is 3.23. The topological polar surface area (TPSA) is 99.7 Å². The monoisotopic (exact) mass is 385 g/mol. The number of rotatable bonds is 4. The summed E-state index contributed by atoms with van der Waals surface area (Å²) in [6.45, 7) is 2.18. The highest BCUT2D eigenvalue weighted by Gasteiger charge is 2.23. The fourth-order valence-corrected chi connectivity index (χ4v) is 3.63. The van der Waals surface area contributed by atoms with Gasteiger partial charge in [0.1, 0.15) is 17.8 Å². The van der Waals surface area contributed by atoms with Crippen LogP contribution in [0.4, 0.5) is 5.82 Å². The zero-order valence-electron chi connectivity index (χ0n) is 15.6. The number of hydrogen-bond donors (Lipinski definition) is 2. The van der Waals surface area contributed by atoms with Crippen LogP contribution in [0.3, 0.4) is 0 Å². The quantitative estimate of drug-likeness (QED) is 0.519. The summed E-state index contributed by atoms with van der Waals surface area (Å²) < 4.78 is 0. The molecule has 8 heteroatoms. The number of carbonyl (C=O) groups excluding carboxylic acids is 1. The maximum absolute atomic E-state index is 11.5. The molecular formula is C21H19N7O. The summed E-state index contributed by atoms with van der Waals surface area (Å²) in [5, 5.41) is 11.7. The van der Waals surface area contributed by atoms with Crippen LogP contribution in [0.1, 0.15) is 0 Å². The Balaban J connectivity index is 1.56. The number of aromatic nitrogens is 5. The van der Waals surface area contributed by atoms with Gasteiger partial charge in [0.05, 0.1) is 29.1 Å². The zero-order chi connectivity index (χ0) is 19.6. The predicted molar refractivity (Wildman–Crippen MR) is 110 cm³/mol. The van der Waals surface area contributed by atoms with Gasteiger partial charge in [0.2, 0.25) is 0 Å². The van der Waals surface area contributed by atoms with E-state index in [2.05, 4.69) is 25.5 Å². The first-order chi connectivity index (χ1) is 14.3. The van der Waals surface area contributed by atoms with E-state index in [0.29, 0.717) is 6.54 Å². The molecular weight excluding hydrogens is 366 g/mol. The summed E-state index contributed by atoms with van der Waals surface area (Å²) in [5.74, 6) is 0.777. The molecule has 1 aliphatic heterocycles. The van der Waals surface area contributed by atoms with Gasteiger partial charge in [-0.15, -0.1) is 0 Å². The molecule has 2 N–H and O–H groups in total. The van der Waals surface area contributed by atoms with Crippen molar-refractivity contribution in [2.45, 2.75) is 6.04 Å². The molecule has 4 aromatic rings. The van der Waals surface area contributed by atoms with E-state index >= 15 is 0 Å². The summed E-state index contributed by atoms with van der Waals surface area (Å²) in [6, 6.07) is 11.5. The van der Waals surface area contributed by atoms with Gasteiger partial charge in [-0.1, -0.05) is 6.07 Å². The van der Waals surface area contributed by atoms with E-state index in [-0.39, 0.29) is 6.04 Å². The Hall–Kier alpha value is -3.65. The molecule has 144 valence electrons. The molecule has 1 aliphatic rings. The third-order valence-corrected chi connectivity index (χ3v) is 5.12. The van der Waals surface area contributed by atoms with Crippen molar-refractivity contribution in [1.82, 2.24) is 30.5 Å². The fraction of sp³-hybridized carbons (Fsp3) is 0.190. The summed E-state index contributed by atoms with van der Waals surface area (Å²) in [5.41, 5.74) is 4.12. The average molecular weight is 385 g/mol. The van der Waals surface area contributed by atoms with Gasteiger partial charge in [-0.05, 0) is 30.3 Å². The summed E-state index contributed by atoms with van der Waals surface area (Å²) in [6.07, 6.45) is 6.27. The molecule has 0 spiro atoms. The molecule has 4 aromatic heterocycles. The van der Waals surface area contributed by atoms with Crippen molar-refractivity contribution in [3.8, 4) is 22.6 Å². The molecule has 8 nitrogen and oxygen atoms in total. The number of hydrogen-bond acceptors (Lipinski definition) is 7. The van der Waals surface area contributed by atoms with Gasteiger partial charge in [0, 0.05) is 43.0 Å². The van der Waals surface area contributed by atoms with Crippen LogP contribution in [0.15, 0.2) is 55.0 Å². The lowest BCUT2D eigenvalue weighted by atomic mass is 10.1. The van der Waals surface area contributed by atoms with Gasteiger partial charge < -0.3 is 15.0 Å². The Morgan fingerprint density at radius 3 is 2.97 bits per heavy atom. The van der Waals surface area contributed by atoms with Crippen molar-refractivity contribution in [1.29, 1.82) is 0 Å². The first kappa shape index (κ1) is 17.4. The molecule has 0 aliphatic carbocycles. The minimum absolute atomic E-state index is 0.219. The molecule has 29 heavy (non-hydrogen) atoms. The molecule has 5 rings (SSSR count). The number of carbonyl (C=O) groups is 1. The van der Waals surface area contributed by atoms with Gasteiger partial charge in [-0.25, -0.2) is 4.98 Å². The van der Waals surface area contributed by atoms with Gasteiger partial charge in [-0.3, -0.25) is 15.1 Å². The largest absolute Gasteiger partial charge is 0.344 e. The van der Waals surface area contributed by atoms with Crippen LogP contribution in [0.5, 0.6) is 0 Å². The van der Waals surface area contributed by atoms with Gasteiger partial charge >= 0.3 is 0 Å². The highest BCUT2D eigenvalue weighted by atomic mass is 16.1. The fourth-order valence-electron chi connectivity index (χ4n) is 3.63. The lowest BCUT2D eigenvalue weighted by Crippen LogP contribution is -2.52. The highest BCUT2D eigenvalue weighted by molar-refractivity contribution is 5.93. The van der Waals surface area contributed by atoms with Crippen LogP contribution >= 0.6 is 0 Å². The number of H-pyrrole nitrogens is 1. The van der Waals surface area contributed by atoms with Crippen LogP contribution in [0, 0.1) is 0 Å². The maximum atomic E-state index is 11.5. The van der Waals surface area contributed by atoms with Crippen molar-refractivity contribution in [3.05, 3.63) is 55.0 Å². The number of fused-ring (bicyclic) bond motifs is 1. The number of pyridine rings is 3. The van der Waals surface area contributed by atoms with Gasteiger partial charge in [0.15, 0.2) is 0 Å². The van der Waals surface area contributed by atoms with Crippen molar-refractivity contribution in [2.24, 2.45) is 0 Å². The Labute approximate surface area is 167 Å². The lowest BCUT2D eigenvalue weighted by molar-refractivity contribution is -0.109. The first-order valence-electron chi connectivity index (χ1n) is 9.48. The van der Waals surface area contributed by atoms with Crippen molar-refractivity contribution >= 4 is 23.0 Å². The number of piperazine rings is 1. The summed E-state index contributed by atoms with van der Waals surface area (Å²) in [7, 11) is 0. The minimum atomic E-state index is -0.219. The van der Waals surface area contributed by atoms with Crippen molar-refractivity contribution in [3.63, 3.8) is 0 Å². The number of aldehydes is 1. The standard InChI is InChI=1S/C21H19N7O/c29-13-15-11-23-7-8-28(15)20-5-1-4-17(25-20)21-16-9-18(14-3-2-6-22-10-14)24-12-19(16)26-27-21/h1-6,9-10,12-13,15,23H,7-8,11H2,(H,26,27). The van der Waals surface area contributed by atoms with Crippen molar-refractivity contribution < 1.29 is 4.79 Å². The van der Waals surface area contributed by atoms with E-state index in [1.807, 2.05) is 41.3 Å². The third-order valence-electron chi connectivity index (χ3n) is 5.12. The lowest BCUT2D eigenvalue weighted by Gasteiger charge is -2.33. The number of nitrogens with zero attached hydrogens (tertiary/aromatic N) is 5. The van der Waals surface area contributed by atoms with Crippen LogP contribution in [0.25, 0.3) is 33.5 Å². The Kier molecular flexibility index (Phi) is 4.45. The Bertz CT molecular complexity index is 1160. The molecule has 0 saturated carbocycles. The summed E-state index contributed by atoms with van der Waals surface area (Å²) in [4.78, 5) is 27.0. The second-order valence-corrected chi connectivity index (χ2v) is 6.91. The zero-order valence-corrected chi connectivity index (χ0v) is 15.6. The molecule has 0 radical (unpaired) electrons. The van der Waals surface area contributed by atoms with Crippen molar-refractivity contribution in [2.75, 3.05) is 24.5 Å². The molecule has 1 saturated heterocycles. The smallest absolute Gasteiger partial charge is 0.143 e. The predicted octanol–water partition coefficient (Wildman–Crippen LogP) is 2.06. The van der Waals surface area contributed by atoms with E-state index < -0.39 is 0 Å². The van der Waals surface area contributed by atoms with E-state index in [1.165, 1.54) is 0 Å². The Morgan fingerprint density at radius 1 is 1.14 bits per heavy atom. The van der Waals surface area contributed by atoms with Gasteiger partial charge in [-0.2, -0.15) is 5.10 Å². The SMILES string of the molecule is O=CC1CNCCN1c1cccc(-c2n[nH]c3cnc(-c4cccnc4)cc23)n1. The Morgan fingerprint density at radius 2 is 2.10 bits per heavy atom. The summed E-state index contributed by atoms with van der Waals surface area (Å²) >= 11 is 0. The van der Waals surface area contributed by atoms with Crippen LogP contribution < -0.4 is 10.2 Å². The normalized spacial score (nSPS) is 16.8. The second-order valence-electron chi connectivity index (χ2n) is 6.91. The third kappa shape index (κ3) is 3.23. The van der Waals surface area contributed by atoms with E-state index in [9.17, 15) is 4.79 Å².